The average Bonchev–Trinajstić information content (AvgIpc) is 2.25. The van der Waals surface area contributed by atoms with Crippen LogP contribution >= 0.6 is 0 Å². The van der Waals surface area contributed by atoms with Crippen LogP contribution in [0.15, 0.2) is 18.2 Å². The fourth-order valence-corrected chi connectivity index (χ4v) is 1.40. The van der Waals surface area contributed by atoms with Crippen molar-refractivity contribution in [1.29, 1.82) is 0 Å². The molecular weight excluding hydrogens is 226 g/mol. The number of likely N-dealkylation sites (N-methyl/N-ethyl adjacent to an activating group) is 1. The second-order valence-electron chi connectivity index (χ2n) is 3.77. The SMILES string of the molecule is CCNC(=O)C(C)NCc1cc(F)cc(F)c1. The minimum Gasteiger partial charge on any atom is -0.355 e. The van der Waals surface area contributed by atoms with Gasteiger partial charge in [0, 0.05) is 19.2 Å². The van der Waals surface area contributed by atoms with Crippen molar-refractivity contribution in [2.75, 3.05) is 6.54 Å². The molecule has 17 heavy (non-hydrogen) atoms. The van der Waals surface area contributed by atoms with Crippen LogP contribution in [0, 0.1) is 11.6 Å². The predicted octanol–water partition coefficient (Wildman–Crippen LogP) is 1.58. The molecule has 2 N–H and O–H groups in total. The second-order valence-corrected chi connectivity index (χ2v) is 3.77. The minimum atomic E-state index is -0.618. The van der Waals surface area contributed by atoms with Crippen LogP contribution in [0.4, 0.5) is 8.78 Å². The van der Waals surface area contributed by atoms with E-state index in [1.807, 2.05) is 6.92 Å². The number of halogens is 2. The number of nitrogens with one attached hydrogen (secondary N) is 2. The molecule has 1 aromatic carbocycles. The molecule has 0 saturated heterocycles. The summed E-state index contributed by atoms with van der Waals surface area (Å²) in [6, 6.07) is 2.89. The van der Waals surface area contributed by atoms with Gasteiger partial charge in [-0.25, -0.2) is 8.78 Å². The van der Waals surface area contributed by atoms with Gasteiger partial charge in [-0.1, -0.05) is 0 Å². The highest BCUT2D eigenvalue weighted by Crippen LogP contribution is 2.07. The maximum Gasteiger partial charge on any atom is 0.236 e. The molecule has 0 spiro atoms. The lowest BCUT2D eigenvalue weighted by atomic mass is 10.2. The average molecular weight is 242 g/mol. The van der Waals surface area contributed by atoms with Crippen LogP contribution in [0.3, 0.4) is 0 Å². The molecule has 0 aliphatic heterocycles. The Morgan fingerprint density at radius 3 is 2.41 bits per heavy atom. The summed E-state index contributed by atoms with van der Waals surface area (Å²) in [5, 5.41) is 5.55. The fraction of sp³-hybridized carbons (Fsp3) is 0.417. The lowest BCUT2D eigenvalue weighted by Crippen LogP contribution is -2.41. The van der Waals surface area contributed by atoms with Gasteiger partial charge in [-0.3, -0.25) is 4.79 Å². The number of carbonyl (C=O) groups excluding carboxylic acids is 1. The Balaban J connectivity index is 2.52. The lowest BCUT2D eigenvalue weighted by molar-refractivity contribution is -0.122. The monoisotopic (exact) mass is 242 g/mol. The van der Waals surface area contributed by atoms with Crippen LogP contribution in [0.25, 0.3) is 0 Å². The summed E-state index contributed by atoms with van der Waals surface area (Å²) < 4.78 is 25.8. The van der Waals surface area contributed by atoms with Crippen LogP contribution in [0.5, 0.6) is 0 Å². The fourth-order valence-electron chi connectivity index (χ4n) is 1.40. The minimum absolute atomic E-state index is 0.135. The van der Waals surface area contributed by atoms with Gasteiger partial charge >= 0.3 is 0 Å². The number of hydrogen-bond donors (Lipinski definition) is 2. The summed E-state index contributed by atoms with van der Waals surface area (Å²) in [5.74, 6) is -1.37. The van der Waals surface area contributed by atoms with E-state index in [9.17, 15) is 13.6 Å². The molecule has 0 radical (unpaired) electrons. The molecule has 1 atom stereocenters. The van der Waals surface area contributed by atoms with Gasteiger partial charge in [0.2, 0.25) is 5.91 Å². The first-order valence-corrected chi connectivity index (χ1v) is 5.49. The number of benzene rings is 1. The van der Waals surface area contributed by atoms with Crippen molar-refractivity contribution in [2.45, 2.75) is 26.4 Å². The van der Waals surface area contributed by atoms with Gasteiger partial charge < -0.3 is 10.6 Å². The Kier molecular flexibility index (Phi) is 5.03. The van der Waals surface area contributed by atoms with E-state index in [2.05, 4.69) is 10.6 Å². The zero-order valence-electron chi connectivity index (χ0n) is 9.89. The van der Waals surface area contributed by atoms with Gasteiger partial charge in [-0.2, -0.15) is 0 Å². The molecule has 94 valence electrons. The van der Waals surface area contributed by atoms with Gasteiger partial charge in [0.25, 0.3) is 0 Å². The molecule has 0 aliphatic carbocycles. The smallest absolute Gasteiger partial charge is 0.236 e. The molecule has 1 rings (SSSR count). The quantitative estimate of drug-likeness (QED) is 0.823. The van der Waals surface area contributed by atoms with Crippen molar-refractivity contribution in [3.05, 3.63) is 35.4 Å². The van der Waals surface area contributed by atoms with E-state index in [1.165, 1.54) is 12.1 Å². The maximum absolute atomic E-state index is 12.9. The predicted molar refractivity (Wildman–Crippen MR) is 61.3 cm³/mol. The van der Waals surface area contributed by atoms with Crippen LogP contribution < -0.4 is 10.6 Å². The summed E-state index contributed by atoms with van der Waals surface area (Å²) in [7, 11) is 0. The molecule has 0 bridgehead atoms. The maximum atomic E-state index is 12.9. The lowest BCUT2D eigenvalue weighted by Gasteiger charge is -2.13. The summed E-state index contributed by atoms with van der Waals surface area (Å²) in [6.07, 6.45) is 0. The highest BCUT2D eigenvalue weighted by Gasteiger charge is 2.10. The van der Waals surface area contributed by atoms with Gasteiger partial charge in [0.1, 0.15) is 11.6 Å². The van der Waals surface area contributed by atoms with E-state index in [1.54, 1.807) is 6.92 Å². The molecule has 1 aromatic rings. The normalized spacial score (nSPS) is 12.2. The molecule has 1 amide bonds. The second kappa shape index (κ2) is 6.30. The van der Waals surface area contributed by atoms with E-state index in [-0.39, 0.29) is 12.5 Å². The molecule has 0 heterocycles. The number of amides is 1. The van der Waals surface area contributed by atoms with Crippen molar-refractivity contribution < 1.29 is 13.6 Å². The van der Waals surface area contributed by atoms with Crippen LogP contribution in [-0.2, 0) is 11.3 Å². The van der Waals surface area contributed by atoms with E-state index in [4.69, 9.17) is 0 Å². The molecule has 0 aliphatic rings. The van der Waals surface area contributed by atoms with E-state index < -0.39 is 17.7 Å². The van der Waals surface area contributed by atoms with Gasteiger partial charge in [0.05, 0.1) is 6.04 Å². The molecule has 0 aromatic heterocycles. The summed E-state index contributed by atoms with van der Waals surface area (Å²) in [4.78, 5) is 11.4. The molecule has 3 nitrogen and oxygen atoms in total. The molecule has 5 heteroatoms. The Bertz CT molecular complexity index is 376. The van der Waals surface area contributed by atoms with Crippen molar-refractivity contribution in [3.8, 4) is 0 Å². The Morgan fingerprint density at radius 1 is 1.29 bits per heavy atom. The Hall–Kier alpha value is -1.49. The summed E-state index contributed by atoms with van der Waals surface area (Å²) in [5.41, 5.74) is 0.471. The highest BCUT2D eigenvalue weighted by molar-refractivity contribution is 5.81. The third-order valence-electron chi connectivity index (χ3n) is 2.28. The summed E-state index contributed by atoms with van der Waals surface area (Å²) in [6.45, 7) is 4.32. The number of rotatable bonds is 5. The van der Waals surface area contributed by atoms with Crippen LogP contribution in [0.1, 0.15) is 19.4 Å². The van der Waals surface area contributed by atoms with Crippen molar-refractivity contribution in [3.63, 3.8) is 0 Å². The molecule has 1 unspecified atom stereocenters. The molecule has 0 saturated carbocycles. The molecule has 0 fully saturated rings. The zero-order valence-corrected chi connectivity index (χ0v) is 9.89. The van der Waals surface area contributed by atoms with E-state index in [0.717, 1.165) is 6.07 Å². The van der Waals surface area contributed by atoms with Crippen molar-refractivity contribution in [2.24, 2.45) is 0 Å². The first-order chi connectivity index (χ1) is 8.02. The van der Waals surface area contributed by atoms with E-state index in [0.29, 0.717) is 12.1 Å². The van der Waals surface area contributed by atoms with Crippen molar-refractivity contribution >= 4 is 5.91 Å². The standard InChI is InChI=1S/C12H16F2N2O/c1-3-15-12(17)8(2)16-7-9-4-10(13)6-11(14)5-9/h4-6,8,16H,3,7H2,1-2H3,(H,15,17). The van der Waals surface area contributed by atoms with Gasteiger partial charge in [-0.15, -0.1) is 0 Å². The van der Waals surface area contributed by atoms with Crippen molar-refractivity contribution in [1.82, 2.24) is 10.6 Å². The topological polar surface area (TPSA) is 41.1 Å². The highest BCUT2D eigenvalue weighted by atomic mass is 19.1. The largest absolute Gasteiger partial charge is 0.355 e. The van der Waals surface area contributed by atoms with Gasteiger partial charge in [-0.05, 0) is 31.5 Å². The first kappa shape index (κ1) is 13.6. The molecular formula is C12H16F2N2O. The third kappa shape index (κ3) is 4.48. The van der Waals surface area contributed by atoms with Crippen LogP contribution in [0.2, 0.25) is 0 Å². The first-order valence-electron chi connectivity index (χ1n) is 5.49. The van der Waals surface area contributed by atoms with E-state index >= 15 is 0 Å². The van der Waals surface area contributed by atoms with Crippen LogP contribution in [-0.4, -0.2) is 18.5 Å². The Labute approximate surface area is 99.2 Å². The summed E-state index contributed by atoms with van der Waals surface area (Å²) >= 11 is 0. The number of carbonyl (C=O) groups is 1. The Morgan fingerprint density at radius 2 is 1.88 bits per heavy atom. The van der Waals surface area contributed by atoms with Gasteiger partial charge in [0.15, 0.2) is 0 Å². The zero-order chi connectivity index (χ0) is 12.8. The third-order valence-corrected chi connectivity index (χ3v) is 2.28. The number of hydrogen-bond acceptors (Lipinski definition) is 2.